The molecule has 1 aromatic carbocycles. The molecule has 1 saturated heterocycles. The molecule has 0 saturated carbocycles. The van der Waals surface area contributed by atoms with Crippen LogP contribution < -0.4 is 5.32 Å². The fraction of sp³-hybridized carbons (Fsp3) is 0.480. The maximum absolute atomic E-state index is 14.8. The molecule has 0 aliphatic carbocycles. The average Bonchev–Trinajstić information content (AvgIpc) is 3.27. The van der Waals surface area contributed by atoms with Crippen LogP contribution in [-0.4, -0.2) is 71.4 Å². The molecule has 0 radical (unpaired) electrons. The van der Waals surface area contributed by atoms with Crippen LogP contribution in [0.3, 0.4) is 0 Å². The molecule has 11 heteroatoms. The van der Waals surface area contributed by atoms with Crippen LogP contribution in [0.2, 0.25) is 0 Å². The van der Waals surface area contributed by atoms with Gasteiger partial charge < -0.3 is 19.5 Å². The molecule has 2 aromatic heterocycles. The van der Waals surface area contributed by atoms with E-state index in [4.69, 9.17) is 4.74 Å². The quantitative estimate of drug-likeness (QED) is 0.432. The lowest BCUT2D eigenvalue weighted by Crippen LogP contribution is -2.29. The molecule has 1 aliphatic rings. The Labute approximate surface area is 211 Å². The molecule has 3 aromatic rings. The van der Waals surface area contributed by atoms with E-state index in [2.05, 4.69) is 25.2 Å². The number of benzene rings is 1. The summed E-state index contributed by atoms with van der Waals surface area (Å²) in [6.45, 7) is 9.34. The molecular formula is C25H33FN6O3S. The maximum atomic E-state index is 14.8. The Kier molecular flexibility index (Phi) is 8.32. The van der Waals surface area contributed by atoms with Gasteiger partial charge in [-0.25, -0.2) is 27.8 Å². The van der Waals surface area contributed by atoms with Crippen LogP contribution in [0.4, 0.5) is 16.0 Å². The second kappa shape index (κ2) is 11.4. The topological polar surface area (TPSA) is 102 Å². The number of hydrogen-bond donors (Lipinski definition) is 1. The number of ether oxygens (including phenoxy) is 1. The molecule has 0 bridgehead atoms. The molecule has 0 unspecified atom stereocenters. The molecule has 3 heterocycles. The van der Waals surface area contributed by atoms with Crippen LogP contribution in [0.1, 0.15) is 38.6 Å². The third-order valence-corrected chi connectivity index (χ3v) is 8.28. The zero-order valence-electron chi connectivity index (χ0n) is 20.9. The molecule has 4 rings (SSSR count). The number of halogens is 1. The van der Waals surface area contributed by atoms with Gasteiger partial charge in [-0.2, -0.15) is 0 Å². The monoisotopic (exact) mass is 516 g/mol. The number of rotatable bonds is 10. The van der Waals surface area contributed by atoms with Gasteiger partial charge in [-0.05, 0) is 57.1 Å². The van der Waals surface area contributed by atoms with E-state index < -0.39 is 15.7 Å². The van der Waals surface area contributed by atoms with E-state index in [1.165, 1.54) is 0 Å². The van der Waals surface area contributed by atoms with Crippen molar-refractivity contribution in [3.05, 3.63) is 48.3 Å². The number of nitrogens with zero attached hydrogens (tertiary/aromatic N) is 5. The van der Waals surface area contributed by atoms with Crippen LogP contribution in [0.5, 0.6) is 0 Å². The fourth-order valence-electron chi connectivity index (χ4n) is 4.42. The second-order valence-corrected chi connectivity index (χ2v) is 10.9. The van der Waals surface area contributed by atoms with Gasteiger partial charge in [-0.1, -0.05) is 13.8 Å². The first-order chi connectivity index (χ1) is 17.3. The van der Waals surface area contributed by atoms with Crippen molar-refractivity contribution >= 4 is 21.5 Å². The molecule has 1 aliphatic heterocycles. The van der Waals surface area contributed by atoms with Crippen molar-refractivity contribution in [2.75, 3.05) is 43.9 Å². The van der Waals surface area contributed by atoms with Crippen molar-refractivity contribution < 1.29 is 17.5 Å². The number of hydrogen-bond acceptors (Lipinski definition) is 8. The van der Waals surface area contributed by atoms with Crippen LogP contribution in [0, 0.1) is 12.7 Å². The first-order valence-electron chi connectivity index (χ1n) is 12.3. The molecular weight excluding hydrogens is 483 g/mol. The highest BCUT2D eigenvalue weighted by molar-refractivity contribution is 7.91. The summed E-state index contributed by atoms with van der Waals surface area (Å²) in [6.07, 6.45) is 4.42. The van der Waals surface area contributed by atoms with E-state index in [0.717, 1.165) is 38.0 Å². The van der Waals surface area contributed by atoms with Crippen molar-refractivity contribution in [2.24, 2.45) is 0 Å². The molecule has 1 N–H and O–H groups in total. The van der Waals surface area contributed by atoms with Crippen molar-refractivity contribution in [3.63, 3.8) is 0 Å². The van der Waals surface area contributed by atoms with E-state index >= 15 is 0 Å². The summed E-state index contributed by atoms with van der Waals surface area (Å²) in [7, 11) is -3.40. The summed E-state index contributed by atoms with van der Waals surface area (Å²) < 4.78 is 47.7. The number of aromatic nitrogens is 4. The Morgan fingerprint density at radius 3 is 2.47 bits per heavy atom. The lowest BCUT2D eigenvalue weighted by molar-refractivity contribution is 0.0694. The van der Waals surface area contributed by atoms with Gasteiger partial charge in [0.25, 0.3) is 0 Å². The summed E-state index contributed by atoms with van der Waals surface area (Å²) in [6, 6.07) is 6.61. The van der Waals surface area contributed by atoms with E-state index in [1.54, 1.807) is 30.5 Å². The summed E-state index contributed by atoms with van der Waals surface area (Å²) >= 11 is 0. The van der Waals surface area contributed by atoms with Crippen LogP contribution in [0.15, 0.2) is 41.6 Å². The minimum absolute atomic E-state index is 0.0616. The zero-order chi connectivity index (χ0) is 25.7. The Balaban J connectivity index is 1.52. The predicted octanol–water partition coefficient (Wildman–Crippen LogP) is 4.00. The third-order valence-electron chi connectivity index (χ3n) is 6.56. The minimum Gasteiger partial charge on any atom is -0.381 e. The Hall–Kier alpha value is -2.89. The summed E-state index contributed by atoms with van der Waals surface area (Å²) in [4.78, 5) is 15.3. The first kappa shape index (κ1) is 26.2. The molecule has 194 valence electrons. The largest absolute Gasteiger partial charge is 0.381 e. The Morgan fingerprint density at radius 2 is 1.81 bits per heavy atom. The van der Waals surface area contributed by atoms with E-state index in [9.17, 15) is 12.8 Å². The molecule has 9 nitrogen and oxygen atoms in total. The number of aryl methyl sites for hydroxylation is 1. The lowest BCUT2D eigenvalue weighted by atomic mass is 10.1. The van der Waals surface area contributed by atoms with Gasteiger partial charge in [0.05, 0.1) is 28.7 Å². The zero-order valence-corrected chi connectivity index (χ0v) is 21.8. The van der Waals surface area contributed by atoms with Gasteiger partial charge in [-0.15, -0.1) is 0 Å². The number of sulfone groups is 1. The van der Waals surface area contributed by atoms with Gasteiger partial charge in [-0.3, -0.25) is 0 Å². The van der Waals surface area contributed by atoms with E-state index in [1.807, 2.05) is 25.3 Å². The Bertz CT molecular complexity index is 1270. The molecule has 0 spiro atoms. The molecule has 36 heavy (non-hydrogen) atoms. The summed E-state index contributed by atoms with van der Waals surface area (Å²) in [5.74, 6) is 0.526. The average molecular weight is 517 g/mol. The summed E-state index contributed by atoms with van der Waals surface area (Å²) in [5.41, 5.74) is 1.36. The molecule has 1 fully saturated rings. The maximum Gasteiger partial charge on any atom is 0.227 e. The highest BCUT2D eigenvalue weighted by atomic mass is 32.2. The van der Waals surface area contributed by atoms with Gasteiger partial charge in [0.2, 0.25) is 5.95 Å². The van der Waals surface area contributed by atoms with Gasteiger partial charge in [0, 0.05) is 31.5 Å². The second-order valence-electron chi connectivity index (χ2n) is 8.79. The van der Waals surface area contributed by atoms with Gasteiger partial charge in [0.1, 0.15) is 11.5 Å². The summed E-state index contributed by atoms with van der Waals surface area (Å²) in [5, 5.41) is 3.05. The standard InChI is InChI=1S/C25H33FN6O3S/c1-4-31(5-2)12-15-36(33,34)21-8-6-19(7-9-21)29-25-28-16-22(26)24(30-25)23-17-27-18(3)32(23)20-10-13-35-14-11-20/h6-9,16-17,20H,4-5,10-15H2,1-3H3,(H,28,29,30). The predicted molar refractivity (Wildman–Crippen MR) is 137 cm³/mol. The highest BCUT2D eigenvalue weighted by Crippen LogP contribution is 2.31. The number of imidazole rings is 1. The van der Waals surface area contributed by atoms with Gasteiger partial charge >= 0.3 is 0 Å². The number of anilines is 2. The van der Waals surface area contributed by atoms with Crippen molar-refractivity contribution in [2.45, 2.75) is 44.6 Å². The SMILES string of the molecule is CCN(CC)CCS(=O)(=O)c1ccc(Nc2ncc(F)c(-c3cnc(C)n3C3CCOCC3)n2)cc1. The van der Waals surface area contributed by atoms with E-state index in [0.29, 0.717) is 31.1 Å². The smallest absolute Gasteiger partial charge is 0.227 e. The normalized spacial score (nSPS) is 14.9. The van der Waals surface area contributed by atoms with Crippen LogP contribution in [-0.2, 0) is 14.6 Å². The molecule has 0 atom stereocenters. The highest BCUT2D eigenvalue weighted by Gasteiger charge is 2.24. The third kappa shape index (κ3) is 5.91. The van der Waals surface area contributed by atoms with Gasteiger partial charge in [0.15, 0.2) is 15.7 Å². The van der Waals surface area contributed by atoms with E-state index in [-0.39, 0.29) is 28.3 Å². The van der Waals surface area contributed by atoms with Crippen LogP contribution in [0.25, 0.3) is 11.4 Å². The number of nitrogens with one attached hydrogen (secondary N) is 1. The minimum atomic E-state index is -3.40. The van der Waals surface area contributed by atoms with Crippen molar-refractivity contribution in [3.8, 4) is 11.4 Å². The fourth-order valence-corrected chi connectivity index (χ4v) is 5.71. The first-order valence-corrected chi connectivity index (χ1v) is 13.9. The van der Waals surface area contributed by atoms with Crippen molar-refractivity contribution in [1.82, 2.24) is 24.4 Å². The molecule has 0 amide bonds. The van der Waals surface area contributed by atoms with Crippen molar-refractivity contribution in [1.29, 1.82) is 0 Å². The van der Waals surface area contributed by atoms with Crippen LogP contribution >= 0.6 is 0 Å². The lowest BCUT2D eigenvalue weighted by Gasteiger charge is -2.26. The Morgan fingerprint density at radius 1 is 1.11 bits per heavy atom.